The summed E-state index contributed by atoms with van der Waals surface area (Å²) in [5.74, 6) is 1.25. The average Bonchev–Trinajstić information content (AvgIpc) is 3.53. The number of para-hydroxylation sites is 1. The monoisotopic (exact) mass is 513 g/mol. The smallest absolute Gasteiger partial charge is 0.273 e. The number of ether oxygens (including phenoxy) is 2. The molecule has 0 spiro atoms. The molecule has 0 bridgehead atoms. The third-order valence-corrected chi connectivity index (χ3v) is 6.88. The van der Waals surface area contributed by atoms with Crippen molar-refractivity contribution >= 4 is 45.6 Å². The molecule has 182 valence electrons. The van der Waals surface area contributed by atoms with Crippen LogP contribution in [0, 0.1) is 0 Å². The molecule has 2 aromatic carbocycles. The first-order chi connectivity index (χ1) is 17.0. The first-order valence-electron chi connectivity index (χ1n) is 11.2. The van der Waals surface area contributed by atoms with Crippen molar-refractivity contribution in [2.24, 2.45) is 0 Å². The molecule has 0 atom stereocenters. The standard InChI is InChI=1S/C24H24ClN5O4S/c25-17-3-1-2-4-18(17)27-24-28-19(14-35-24)23(32)30-9-7-29(8-10-30)13-22(31)26-12-16-5-6-20-21(11-16)34-15-33-20/h1-6,11,14H,7-10,12-13,15H2,(H,26,31)(H,27,28). The maximum atomic E-state index is 12.9. The van der Waals surface area contributed by atoms with Crippen molar-refractivity contribution < 1.29 is 19.1 Å². The topological polar surface area (TPSA) is 96.0 Å². The van der Waals surface area contributed by atoms with Crippen molar-refractivity contribution in [1.82, 2.24) is 20.1 Å². The highest BCUT2D eigenvalue weighted by Gasteiger charge is 2.25. The van der Waals surface area contributed by atoms with Crippen LogP contribution in [0.25, 0.3) is 0 Å². The molecule has 0 aliphatic carbocycles. The largest absolute Gasteiger partial charge is 0.454 e. The van der Waals surface area contributed by atoms with Gasteiger partial charge in [0.25, 0.3) is 5.91 Å². The van der Waals surface area contributed by atoms with Crippen molar-refractivity contribution in [2.45, 2.75) is 6.54 Å². The first kappa shape index (κ1) is 23.4. The van der Waals surface area contributed by atoms with Gasteiger partial charge >= 0.3 is 0 Å². The van der Waals surface area contributed by atoms with Crippen LogP contribution in [0.2, 0.25) is 5.02 Å². The minimum absolute atomic E-state index is 0.0581. The summed E-state index contributed by atoms with van der Waals surface area (Å²) in [5, 5.41) is 9.04. The quantitative estimate of drug-likeness (QED) is 0.500. The minimum atomic E-state index is -0.111. The number of nitrogens with zero attached hydrogens (tertiary/aromatic N) is 3. The molecule has 2 amide bonds. The Balaban J connectivity index is 1.07. The van der Waals surface area contributed by atoms with E-state index >= 15 is 0 Å². The number of amides is 2. The van der Waals surface area contributed by atoms with Gasteiger partial charge in [0.05, 0.1) is 17.3 Å². The minimum Gasteiger partial charge on any atom is -0.454 e. The second-order valence-corrected chi connectivity index (χ2v) is 9.44. The third-order valence-electron chi connectivity index (χ3n) is 5.79. The fraction of sp³-hybridized carbons (Fsp3) is 0.292. The summed E-state index contributed by atoms with van der Waals surface area (Å²) in [6.45, 7) is 3.26. The zero-order chi connectivity index (χ0) is 24.2. The number of anilines is 2. The first-order valence-corrected chi connectivity index (χ1v) is 12.4. The molecule has 2 N–H and O–H groups in total. The second kappa shape index (κ2) is 10.5. The number of fused-ring (bicyclic) bond motifs is 1. The van der Waals surface area contributed by atoms with Gasteiger partial charge in [-0.2, -0.15) is 0 Å². The molecule has 1 saturated heterocycles. The van der Waals surface area contributed by atoms with Crippen LogP contribution in [-0.2, 0) is 11.3 Å². The molecule has 2 aliphatic rings. The van der Waals surface area contributed by atoms with Crippen LogP contribution < -0.4 is 20.1 Å². The summed E-state index contributed by atoms with van der Waals surface area (Å²) in [7, 11) is 0. The van der Waals surface area contributed by atoms with Gasteiger partial charge in [-0.3, -0.25) is 14.5 Å². The number of rotatable bonds is 7. The van der Waals surface area contributed by atoms with E-state index < -0.39 is 0 Å². The van der Waals surface area contributed by atoms with Gasteiger partial charge in [0.1, 0.15) is 5.69 Å². The summed E-state index contributed by atoms with van der Waals surface area (Å²) < 4.78 is 10.7. The van der Waals surface area contributed by atoms with Crippen LogP contribution in [-0.4, -0.2) is 66.1 Å². The fourth-order valence-corrected chi connectivity index (χ4v) is 4.77. The number of hydrogen-bond acceptors (Lipinski definition) is 8. The highest BCUT2D eigenvalue weighted by molar-refractivity contribution is 7.14. The Morgan fingerprint density at radius 3 is 2.69 bits per heavy atom. The van der Waals surface area contributed by atoms with E-state index in [1.165, 1.54) is 11.3 Å². The number of hydrogen-bond donors (Lipinski definition) is 2. The number of thiazole rings is 1. The molecule has 1 aromatic heterocycles. The lowest BCUT2D eigenvalue weighted by Crippen LogP contribution is -2.51. The highest BCUT2D eigenvalue weighted by atomic mass is 35.5. The van der Waals surface area contributed by atoms with Gasteiger partial charge in [0.15, 0.2) is 16.6 Å². The summed E-state index contributed by atoms with van der Waals surface area (Å²) >= 11 is 7.54. The van der Waals surface area contributed by atoms with Crippen LogP contribution in [0.4, 0.5) is 10.8 Å². The lowest BCUT2D eigenvalue weighted by molar-refractivity contribution is -0.122. The van der Waals surface area contributed by atoms with Crippen molar-refractivity contribution in [3.63, 3.8) is 0 Å². The van der Waals surface area contributed by atoms with E-state index in [2.05, 4.69) is 15.6 Å². The van der Waals surface area contributed by atoms with E-state index in [0.717, 1.165) is 17.0 Å². The van der Waals surface area contributed by atoms with E-state index in [1.807, 2.05) is 41.3 Å². The van der Waals surface area contributed by atoms with Crippen molar-refractivity contribution in [3.05, 3.63) is 64.1 Å². The molecule has 35 heavy (non-hydrogen) atoms. The molecule has 0 unspecified atom stereocenters. The number of halogens is 1. The summed E-state index contributed by atoms with van der Waals surface area (Å²) in [4.78, 5) is 33.6. The zero-order valence-corrected chi connectivity index (χ0v) is 20.4. The molecular formula is C24H24ClN5O4S. The molecule has 3 heterocycles. The molecule has 5 rings (SSSR count). The van der Waals surface area contributed by atoms with E-state index in [1.54, 1.807) is 16.3 Å². The predicted molar refractivity (Wildman–Crippen MR) is 134 cm³/mol. The van der Waals surface area contributed by atoms with E-state index in [-0.39, 0.29) is 25.2 Å². The Morgan fingerprint density at radius 1 is 1.06 bits per heavy atom. The molecule has 1 fully saturated rings. The zero-order valence-electron chi connectivity index (χ0n) is 18.8. The maximum absolute atomic E-state index is 12.9. The van der Waals surface area contributed by atoms with Gasteiger partial charge in [-0.15, -0.1) is 11.3 Å². The Labute approximate surface area is 211 Å². The molecule has 0 saturated carbocycles. The second-order valence-electron chi connectivity index (χ2n) is 8.18. The predicted octanol–water partition coefficient (Wildman–Crippen LogP) is 3.34. The number of nitrogens with one attached hydrogen (secondary N) is 2. The van der Waals surface area contributed by atoms with E-state index in [9.17, 15) is 9.59 Å². The van der Waals surface area contributed by atoms with E-state index in [4.69, 9.17) is 21.1 Å². The van der Waals surface area contributed by atoms with Gasteiger partial charge in [-0.1, -0.05) is 29.8 Å². The number of aromatic nitrogens is 1. The van der Waals surface area contributed by atoms with Gasteiger partial charge < -0.3 is 25.0 Å². The highest BCUT2D eigenvalue weighted by Crippen LogP contribution is 2.32. The Kier molecular flexibility index (Phi) is 7.03. The lowest BCUT2D eigenvalue weighted by Gasteiger charge is -2.33. The fourth-order valence-electron chi connectivity index (χ4n) is 3.89. The Hall–Kier alpha value is -3.34. The molecule has 9 nitrogen and oxygen atoms in total. The molecule has 3 aromatic rings. The van der Waals surface area contributed by atoms with Crippen LogP contribution in [0.1, 0.15) is 16.1 Å². The summed E-state index contributed by atoms with van der Waals surface area (Å²) in [6, 6.07) is 13.0. The van der Waals surface area contributed by atoms with Gasteiger partial charge in [0, 0.05) is 38.1 Å². The van der Waals surface area contributed by atoms with Crippen LogP contribution in [0.15, 0.2) is 47.8 Å². The van der Waals surface area contributed by atoms with Crippen LogP contribution >= 0.6 is 22.9 Å². The SMILES string of the molecule is O=C(CN1CCN(C(=O)c2csc(Nc3ccccc3Cl)n2)CC1)NCc1ccc2c(c1)OCO2. The van der Waals surface area contributed by atoms with Crippen molar-refractivity contribution in [2.75, 3.05) is 44.8 Å². The van der Waals surface area contributed by atoms with Crippen molar-refractivity contribution in [3.8, 4) is 11.5 Å². The molecule has 0 radical (unpaired) electrons. The lowest BCUT2D eigenvalue weighted by atomic mass is 10.2. The summed E-state index contributed by atoms with van der Waals surface area (Å²) in [5.41, 5.74) is 2.09. The molecule has 2 aliphatic heterocycles. The van der Waals surface area contributed by atoms with Crippen LogP contribution in [0.3, 0.4) is 0 Å². The Bertz CT molecular complexity index is 1230. The van der Waals surface area contributed by atoms with Crippen LogP contribution in [0.5, 0.6) is 11.5 Å². The summed E-state index contributed by atoms with van der Waals surface area (Å²) in [6.07, 6.45) is 0. The van der Waals surface area contributed by atoms with E-state index in [0.29, 0.717) is 54.3 Å². The third kappa shape index (κ3) is 5.67. The van der Waals surface area contributed by atoms with Crippen molar-refractivity contribution in [1.29, 1.82) is 0 Å². The number of benzene rings is 2. The molecule has 11 heteroatoms. The number of carbonyl (C=O) groups excluding carboxylic acids is 2. The molecular weight excluding hydrogens is 490 g/mol. The van der Waals surface area contributed by atoms with Gasteiger partial charge in [-0.05, 0) is 29.8 Å². The Morgan fingerprint density at radius 2 is 1.86 bits per heavy atom. The van der Waals surface area contributed by atoms with Gasteiger partial charge in [0.2, 0.25) is 12.7 Å². The average molecular weight is 514 g/mol. The van der Waals surface area contributed by atoms with Gasteiger partial charge in [-0.25, -0.2) is 4.98 Å². The number of carbonyl (C=O) groups is 2. The number of piperazine rings is 1. The maximum Gasteiger partial charge on any atom is 0.273 e. The normalized spacial score (nSPS) is 15.2.